The molecular weight excluding hydrogens is 406 g/mol. The van der Waals surface area contributed by atoms with Gasteiger partial charge in [-0.1, -0.05) is 17.7 Å². The van der Waals surface area contributed by atoms with Gasteiger partial charge in [-0.2, -0.15) is 0 Å². The van der Waals surface area contributed by atoms with Crippen molar-refractivity contribution >= 4 is 22.1 Å². The number of hydrogen-bond donors (Lipinski definition) is 0. The van der Waals surface area contributed by atoms with Gasteiger partial charge in [0.25, 0.3) is 10.0 Å². The van der Waals surface area contributed by atoms with Gasteiger partial charge < -0.3 is 14.2 Å². The maximum atomic E-state index is 13.5. The number of esters is 1. The van der Waals surface area contributed by atoms with Gasteiger partial charge in [0.15, 0.2) is 11.5 Å². The second kappa shape index (κ2) is 7.53. The lowest BCUT2D eigenvalue weighted by molar-refractivity contribution is -0.140. The predicted octanol–water partition coefficient (Wildman–Crippen LogP) is 3.21. The van der Waals surface area contributed by atoms with Crippen LogP contribution in [0.5, 0.6) is 11.5 Å². The van der Waals surface area contributed by atoms with Crippen molar-refractivity contribution in [3.8, 4) is 11.5 Å². The number of ether oxygens (including phenoxy) is 3. The summed E-state index contributed by atoms with van der Waals surface area (Å²) in [6.45, 7) is 1.89. The van der Waals surface area contributed by atoms with E-state index in [0.29, 0.717) is 17.1 Å². The van der Waals surface area contributed by atoms with E-state index in [2.05, 4.69) is 0 Å². The zero-order valence-electron chi connectivity index (χ0n) is 16.7. The van der Waals surface area contributed by atoms with Crippen LogP contribution in [0.15, 0.2) is 59.6 Å². The Morgan fingerprint density at radius 1 is 1.00 bits per heavy atom. The van der Waals surface area contributed by atoms with Crippen LogP contribution in [-0.2, 0) is 19.6 Å². The average Bonchev–Trinajstić information content (AvgIpc) is 3.17. The number of hydrogen-bond acceptors (Lipinski definition) is 6. The molecule has 0 saturated carbocycles. The van der Waals surface area contributed by atoms with Crippen LogP contribution in [0.1, 0.15) is 22.7 Å². The molecule has 0 amide bonds. The Hall–Kier alpha value is -3.26. The van der Waals surface area contributed by atoms with E-state index >= 15 is 0 Å². The monoisotopic (exact) mass is 427 g/mol. The highest BCUT2D eigenvalue weighted by atomic mass is 32.2. The van der Waals surface area contributed by atoms with E-state index in [0.717, 1.165) is 11.1 Å². The summed E-state index contributed by atoms with van der Waals surface area (Å²) in [5.74, 6) is 0.468. The van der Waals surface area contributed by atoms with Crippen molar-refractivity contribution < 1.29 is 27.4 Å². The molecule has 0 N–H and O–H groups in total. The van der Waals surface area contributed by atoms with Crippen LogP contribution in [0, 0.1) is 6.92 Å². The quantitative estimate of drug-likeness (QED) is 0.682. The van der Waals surface area contributed by atoms with Gasteiger partial charge in [-0.15, -0.1) is 0 Å². The number of cyclic esters (lactones) is 1. The van der Waals surface area contributed by atoms with E-state index in [9.17, 15) is 13.2 Å². The summed E-state index contributed by atoms with van der Waals surface area (Å²) >= 11 is 0. The van der Waals surface area contributed by atoms with Crippen LogP contribution in [0.3, 0.4) is 0 Å². The molecule has 30 heavy (non-hydrogen) atoms. The van der Waals surface area contributed by atoms with Crippen LogP contribution >= 0.6 is 0 Å². The molecule has 0 bridgehead atoms. The summed E-state index contributed by atoms with van der Waals surface area (Å²) < 4.78 is 44.4. The first-order chi connectivity index (χ1) is 14.3. The van der Waals surface area contributed by atoms with Gasteiger partial charge in [-0.25, -0.2) is 13.2 Å². The molecule has 2 atom stereocenters. The highest BCUT2D eigenvalue weighted by molar-refractivity contribution is 7.89. The summed E-state index contributed by atoms with van der Waals surface area (Å²) in [4.78, 5) is 11.9. The summed E-state index contributed by atoms with van der Waals surface area (Å²) in [5, 5.41) is 0. The summed E-state index contributed by atoms with van der Waals surface area (Å²) in [6, 6.07) is 9.32. The molecule has 0 unspecified atom stereocenters. The molecule has 2 aliphatic heterocycles. The number of carbonyl (C=O) groups is 1. The predicted molar refractivity (Wildman–Crippen MR) is 111 cm³/mol. The first kappa shape index (κ1) is 20.0. The minimum Gasteiger partial charge on any atom is -0.493 e. The molecule has 8 heteroatoms. The SMILES string of the molecule is COc1cc2c(cc1OC)[C@@H]([C@@H]1C=CC(=O)O1)N(S(=O)(=O)c1ccc(C)cc1)C=C2. The van der Waals surface area contributed by atoms with Crippen molar-refractivity contribution in [1.82, 2.24) is 4.31 Å². The van der Waals surface area contributed by atoms with Crippen LogP contribution < -0.4 is 9.47 Å². The number of benzene rings is 2. The van der Waals surface area contributed by atoms with Crippen molar-refractivity contribution in [2.45, 2.75) is 24.0 Å². The standard InChI is InChI=1S/C22H21NO6S/c1-14-4-6-16(7-5-14)30(25,26)23-11-10-15-12-19(27-2)20(28-3)13-17(15)22(23)18-8-9-21(24)29-18/h4-13,18,22H,1-3H3/t18-,22-/m0/s1. The minimum atomic E-state index is -3.91. The number of carbonyl (C=O) groups excluding carboxylic acids is 1. The van der Waals surface area contributed by atoms with Gasteiger partial charge >= 0.3 is 5.97 Å². The first-order valence-corrected chi connectivity index (χ1v) is 10.7. The molecule has 7 nitrogen and oxygen atoms in total. The summed E-state index contributed by atoms with van der Waals surface area (Å²) in [7, 11) is -0.872. The van der Waals surface area contributed by atoms with Crippen molar-refractivity contribution in [1.29, 1.82) is 0 Å². The zero-order chi connectivity index (χ0) is 21.5. The average molecular weight is 427 g/mol. The molecule has 2 aromatic carbocycles. The van der Waals surface area contributed by atoms with Crippen LogP contribution in [0.25, 0.3) is 6.08 Å². The summed E-state index contributed by atoms with van der Waals surface area (Å²) in [6.07, 6.45) is 5.29. The van der Waals surface area contributed by atoms with Crippen LogP contribution in [-0.4, -0.2) is 39.0 Å². The second-order valence-electron chi connectivity index (χ2n) is 7.01. The molecule has 0 saturated heterocycles. The first-order valence-electron chi connectivity index (χ1n) is 9.28. The Balaban J connectivity index is 1.87. The smallest absolute Gasteiger partial charge is 0.331 e. The number of nitrogens with zero attached hydrogens (tertiary/aromatic N) is 1. The molecule has 156 valence electrons. The number of sulfonamides is 1. The fourth-order valence-corrected chi connectivity index (χ4v) is 5.11. The van der Waals surface area contributed by atoms with E-state index in [1.54, 1.807) is 48.6 Å². The number of rotatable bonds is 5. The molecular formula is C22H21NO6S. The third-order valence-electron chi connectivity index (χ3n) is 5.16. The van der Waals surface area contributed by atoms with E-state index in [4.69, 9.17) is 14.2 Å². The van der Waals surface area contributed by atoms with Crippen molar-refractivity contribution in [2.75, 3.05) is 14.2 Å². The zero-order valence-corrected chi connectivity index (χ0v) is 17.5. The lowest BCUT2D eigenvalue weighted by Crippen LogP contribution is -2.39. The molecule has 0 aliphatic carbocycles. The van der Waals surface area contributed by atoms with E-state index in [1.807, 2.05) is 6.92 Å². The largest absolute Gasteiger partial charge is 0.493 e. The molecule has 0 spiro atoms. The number of methoxy groups -OCH3 is 2. The van der Waals surface area contributed by atoms with Gasteiger partial charge in [0.1, 0.15) is 12.1 Å². The van der Waals surface area contributed by atoms with Crippen LogP contribution in [0.2, 0.25) is 0 Å². The molecule has 0 fully saturated rings. The minimum absolute atomic E-state index is 0.153. The Bertz CT molecular complexity index is 1150. The van der Waals surface area contributed by atoms with Gasteiger partial charge in [0.05, 0.1) is 19.1 Å². The normalized spacial score (nSPS) is 20.1. The van der Waals surface area contributed by atoms with Gasteiger partial charge in [-0.05, 0) is 54.5 Å². The number of fused-ring (bicyclic) bond motifs is 1. The van der Waals surface area contributed by atoms with Gasteiger partial charge in [0.2, 0.25) is 0 Å². The van der Waals surface area contributed by atoms with Gasteiger partial charge in [-0.3, -0.25) is 4.31 Å². The van der Waals surface area contributed by atoms with Crippen molar-refractivity contribution in [3.63, 3.8) is 0 Å². The van der Waals surface area contributed by atoms with Gasteiger partial charge in [0, 0.05) is 12.3 Å². The van der Waals surface area contributed by atoms with Crippen molar-refractivity contribution in [2.24, 2.45) is 0 Å². The highest BCUT2D eigenvalue weighted by Crippen LogP contribution is 2.43. The topological polar surface area (TPSA) is 82.1 Å². The number of aryl methyl sites for hydroxylation is 1. The van der Waals surface area contributed by atoms with E-state index < -0.39 is 28.1 Å². The second-order valence-corrected chi connectivity index (χ2v) is 8.85. The summed E-state index contributed by atoms with van der Waals surface area (Å²) in [5.41, 5.74) is 2.36. The Morgan fingerprint density at radius 3 is 2.27 bits per heavy atom. The van der Waals surface area contributed by atoms with Crippen molar-refractivity contribution in [3.05, 3.63) is 71.4 Å². The fraction of sp³-hybridized carbons (Fsp3) is 0.227. The lowest BCUT2D eigenvalue weighted by Gasteiger charge is -2.36. The van der Waals surface area contributed by atoms with E-state index in [1.165, 1.54) is 30.8 Å². The molecule has 4 rings (SSSR count). The molecule has 0 aromatic heterocycles. The molecule has 2 aliphatic rings. The molecule has 2 heterocycles. The third kappa shape index (κ3) is 3.33. The Morgan fingerprint density at radius 2 is 1.67 bits per heavy atom. The maximum Gasteiger partial charge on any atom is 0.331 e. The molecule has 2 aromatic rings. The maximum absolute atomic E-state index is 13.5. The Kier molecular flexibility index (Phi) is 5.03. The van der Waals surface area contributed by atoms with Crippen LogP contribution in [0.4, 0.5) is 0 Å². The van der Waals surface area contributed by atoms with E-state index in [-0.39, 0.29) is 4.90 Å². The third-order valence-corrected chi connectivity index (χ3v) is 6.94. The Labute approximate surface area is 175 Å². The molecule has 0 radical (unpaired) electrons. The highest BCUT2D eigenvalue weighted by Gasteiger charge is 2.41. The lowest BCUT2D eigenvalue weighted by atomic mass is 9.93. The fourth-order valence-electron chi connectivity index (χ4n) is 3.63.